The Kier molecular flexibility index (Phi) is 3.99. The Labute approximate surface area is 87.8 Å². The smallest absolute Gasteiger partial charge is 0.0698 e. The Morgan fingerprint density at radius 2 is 2.38 bits per heavy atom. The summed E-state index contributed by atoms with van der Waals surface area (Å²) in [4.78, 5) is 5.58. The van der Waals surface area contributed by atoms with Crippen molar-refractivity contribution in [1.82, 2.24) is 0 Å². The normalized spacial score (nSPS) is 13.1. The fraction of sp³-hybridized carbons (Fsp3) is 0.200. The van der Waals surface area contributed by atoms with Crippen LogP contribution in [0.25, 0.3) is 0 Å². The van der Waals surface area contributed by atoms with Crippen molar-refractivity contribution < 1.29 is 0 Å². The lowest BCUT2D eigenvalue weighted by Gasteiger charge is -1.95. The minimum absolute atomic E-state index is 0.848. The van der Waals surface area contributed by atoms with Gasteiger partial charge in [0.2, 0.25) is 0 Å². The van der Waals surface area contributed by atoms with Gasteiger partial charge < -0.3 is 0 Å². The van der Waals surface area contributed by atoms with Gasteiger partial charge >= 0.3 is 0 Å². The summed E-state index contributed by atoms with van der Waals surface area (Å²) in [5, 5.41) is 3.64. The van der Waals surface area contributed by atoms with Gasteiger partial charge in [0.1, 0.15) is 0 Å². The molecule has 1 nitrogen and oxygen atoms in total. The highest BCUT2D eigenvalue weighted by molar-refractivity contribution is 7.79. The van der Waals surface area contributed by atoms with Gasteiger partial charge in [-0.2, -0.15) is 0 Å². The van der Waals surface area contributed by atoms with E-state index in [-0.39, 0.29) is 0 Å². The maximum absolute atomic E-state index is 4.82. The summed E-state index contributed by atoms with van der Waals surface area (Å²) in [5.74, 6) is 0. The molecule has 0 N–H and O–H groups in total. The molecule has 13 heavy (non-hydrogen) atoms. The number of aliphatic imine (C=N–C) groups is 1. The molecule has 0 aliphatic carbocycles. The van der Waals surface area contributed by atoms with Crippen LogP contribution in [0.2, 0.25) is 0 Å². The van der Waals surface area contributed by atoms with E-state index in [1.807, 2.05) is 31.4 Å². The largest absolute Gasteiger partial charge is 0.252 e. The Morgan fingerprint density at radius 3 is 2.85 bits per heavy atom. The minimum Gasteiger partial charge on any atom is -0.252 e. The molecule has 1 aromatic heterocycles. The van der Waals surface area contributed by atoms with Gasteiger partial charge in [0, 0.05) is 10.2 Å². The molecule has 0 unspecified atom stereocenters. The molecule has 0 atom stereocenters. The molecule has 0 aromatic carbocycles. The molecule has 1 rings (SSSR count). The van der Waals surface area contributed by atoms with Crippen LogP contribution in [-0.4, -0.2) is 11.1 Å². The first-order chi connectivity index (χ1) is 6.27. The van der Waals surface area contributed by atoms with Crippen LogP contribution < -0.4 is 0 Å². The van der Waals surface area contributed by atoms with E-state index in [4.69, 9.17) is 12.2 Å². The molecule has 0 amide bonds. The highest BCUT2D eigenvalue weighted by atomic mass is 32.1. The number of thiophene rings is 1. The van der Waals surface area contributed by atoms with Crippen LogP contribution in [0.15, 0.2) is 34.3 Å². The zero-order valence-electron chi connectivity index (χ0n) is 7.65. The van der Waals surface area contributed by atoms with Crippen LogP contribution in [0.1, 0.15) is 18.7 Å². The van der Waals surface area contributed by atoms with Crippen molar-refractivity contribution in [2.24, 2.45) is 4.99 Å². The quantitative estimate of drug-likeness (QED) is 0.422. The van der Waals surface area contributed by atoms with Crippen molar-refractivity contribution in [3.05, 3.63) is 34.2 Å². The Bertz CT molecular complexity index is 334. The van der Waals surface area contributed by atoms with E-state index < -0.39 is 0 Å². The second kappa shape index (κ2) is 5.04. The third-order valence-electron chi connectivity index (χ3n) is 1.59. The summed E-state index contributed by atoms with van der Waals surface area (Å²) < 4.78 is 0. The van der Waals surface area contributed by atoms with E-state index in [2.05, 4.69) is 11.1 Å². The van der Waals surface area contributed by atoms with Crippen LogP contribution in [-0.2, 0) is 0 Å². The lowest BCUT2D eigenvalue weighted by molar-refractivity contribution is 1.44. The molecule has 0 saturated heterocycles. The van der Waals surface area contributed by atoms with Gasteiger partial charge in [-0.15, -0.1) is 11.3 Å². The highest BCUT2D eigenvalue weighted by Gasteiger charge is 1.97. The number of allylic oxidation sites excluding steroid dienone is 2. The first kappa shape index (κ1) is 10.3. The average molecular weight is 209 g/mol. The topological polar surface area (TPSA) is 12.4 Å². The van der Waals surface area contributed by atoms with E-state index in [0.29, 0.717) is 0 Å². The molecule has 1 aromatic rings. The van der Waals surface area contributed by atoms with Crippen LogP contribution >= 0.6 is 23.6 Å². The summed E-state index contributed by atoms with van der Waals surface area (Å²) >= 11 is 6.51. The number of hydrogen-bond donors (Lipinski definition) is 0. The number of nitrogens with zero attached hydrogens (tertiary/aromatic N) is 1. The summed E-state index contributed by atoms with van der Waals surface area (Å²) in [6.07, 6.45) is 1.91. The lowest BCUT2D eigenvalue weighted by Crippen LogP contribution is -1.91. The number of thiocarbonyl (C=S) groups is 1. The molecule has 0 saturated carbocycles. The summed E-state index contributed by atoms with van der Waals surface area (Å²) in [6, 6.07) is 4.08. The van der Waals surface area contributed by atoms with E-state index >= 15 is 0 Å². The molecular weight excluding hydrogens is 198 g/mol. The maximum Gasteiger partial charge on any atom is 0.0698 e. The molecule has 0 bridgehead atoms. The average Bonchev–Trinajstić information content (AvgIpc) is 2.66. The monoisotopic (exact) mass is 209 g/mol. The number of hydrogen-bond acceptors (Lipinski definition) is 3. The fourth-order valence-electron chi connectivity index (χ4n) is 0.892. The lowest BCUT2D eigenvalue weighted by atomic mass is 10.3. The first-order valence-electron chi connectivity index (χ1n) is 3.98. The molecule has 0 spiro atoms. The summed E-state index contributed by atoms with van der Waals surface area (Å²) in [6.45, 7) is 3.93. The van der Waals surface area contributed by atoms with Gasteiger partial charge in [-0.1, -0.05) is 24.4 Å². The Morgan fingerprint density at radius 1 is 1.62 bits per heavy atom. The zero-order valence-corrected chi connectivity index (χ0v) is 9.28. The second-order valence-corrected chi connectivity index (χ2v) is 3.69. The molecule has 0 fully saturated rings. The summed E-state index contributed by atoms with van der Waals surface area (Å²) in [5.41, 5.74) is 1.87. The standard InChI is InChI=1S/C10H11NS2/c1-3-9(7-12)11-8(2)10-5-4-6-13-10/h3-7H,1-2H3/b9-3-,11-8?. The van der Waals surface area contributed by atoms with Crippen molar-refractivity contribution >= 4 is 34.6 Å². The second-order valence-electron chi connectivity index (χ2n) is 2.51. The minimum atomic E-state index is 0.848. The van der Waals surface area contributed by atoms with Crippen LogP contribution in [0.4, 0.5) is 0 Å². The SMILES string of the molecule is C/C=C(/C=S)N=C(C)c1cccs1. The fourth-order valence-corrected chi connectivity index (χ4v) is 1.76. The van der Waals surface area contributed by atoms with E-state index in [9.17, 15) is 0 Å². The number of rotatable bonds is 3. The van der Waals surface area contributed by atoms with Crippen molar-refractivity contribution in [2.75, 3.05) is 0 Å². The molecule has 0 radical (unpaired) electrons. The Hall–Kier alpha value is -0.800. The van der Waals surface area contributed by atoms with Crippen molar-refractivity contribution in [2.45, 2.75) is 13.8 Å². The van der Waals surface area contributed by atoms with Gasteiger partial charge in [0.25, 0.3) is 0 Å². The van der Waals surface area contributed by atoms with E-state index in [0.717, 1.165) is 11.4 Å². The molecular formula is C10H11NS2. The molecule has 3 heteroatoms. The van der Waals surface area contributed by atoms with Gasteiger partial charge in [-0.05, 0) is 25.3 Å². The molecule has 1 heterocycles. The van der Waals surface area contributed by atoms with Gasteiger partial charge in [-0.3, -0.25) is 4.99 Å². The maximum atomic E-state index is 4.82. The van der Waals surface area contributed by atoms with E-state index in [1.54, 1.807) is 16.7 Å². The van der Waals surface area contributed by atoms with Gasteiger partial charge in [-0.25, -0.2) is 0 Å². The zero-order chi connectivity index (χ0) is 9.68. The third-order valence-corrected chi connectivity index (χ3v) is 2.81. The Balaban J connectivity index is 2.89. The van der Waals surface area contributed by atoms with Gasteiger partial charge in [0.05, 0.1) is 11.4 Å². The van der Waals surface area contributed by atoms with Gasteiger partial charge in [0.15, 0.2) is 0 Å². The van der Waals surface area contributed by atoms with Crippen LogP contribution in [0, 0.1) is 0 Å². The predicted molar refractivity (Wildman–Crippen MR) is 63.9 cm³/mol. The predicted octanol–water partition coefficient (Wildman–Crippen LogP) is 3.46. The van der Waals surface area contributed by atoms with Crippen LogP contribution in [0.5, 0.6) is 0 Å². The first-order valence-corrected chi connectivity index (χ1v) is 5.33. The van der Waals surface area contributed by atoms with Crippen molar-refractivity contribution in [3.8, 4) is 0 Å². The molecule has 68 valence electrons. The molecule has 0 aliphatic heterocycles. The molecule has 0 aliphatic rings. The van der Waals surface area contributed by atoms with Crippen molar-refractivity contribution in [3.63, 3.8) is 0 Å². The van der Waals surface area contributed by atoms with E-state index in [1.165, 1.54) is 4.88 Å². The van der Waals surface area contributed by atoms with Crippen molar-refractivity contribution in [1.29, 1.82) is 0 Å². The summed E-state index contributed by atoms with van der Waals surface area (Å²) in [7, 11) is 0. The third kappa shape index (κ3) is 2.86. The van der Waals surface area contributed by atoms with Crippen LogP contribution in [0.3, 0.4) is 0 Å². The highest BCUT2D eigenvalue weighted by Crippen LogP contribution is 2.11.